The number of benzene rings is 2. The summed E-state index contributed by atoms with van der Waals surface area (Å²) < 4.78 is 1.93. The molecule has 0 radical (unpaired) electrons. The first-order valence-electron chi connectivity index (χ1n) is 10.2. The summed E-state index contributed by atoms with van der Waals surface area (Å²) in [5, 5.41) is 12.0. The van der Waals surface area contributed by atoms with Crippen molar-refractivity contribution >= 4 is 11.6 Å². The summed E-state index contributed by atoms with van der Waals surface area (Å²) >= 11 is 0. The fourth-order valence-corrected chi connectivity index (χ4v) is 3.84. The monoisotopic (exact) mass is 389 g/mol. The van der Waals surface area contributed by atoms with Gasteiger partial charge in [-0.25, -0.2) is 4.68 Å². The molecule has 1 aromatic heterocycles. The van der Waals surface area contributed by atoms with Crippen LogP contribution in [0.1, 0.15) is 46.2 Å². The van der Waals surface area contributed by atoms with Crippen LogP contribution in [-0.2, 0) is 6.54 Å². The highest BCUT2D eigenvalue weighted by molar-refractivity contribution is 6.05. The van der Waals surface area contributed by atoms with E-state index in [1.807, 2.05) is 73.1 Å². The Kier molecular flexibility index (Phi) is 5.71. The first-order valence-corrected chi connectivity index (χ1v) is 10.2. The van der Waals surface area contributed by atoms with E-state index in [1.165, 1.54) is 0 Å². The number of aromatic nitrogens is 3. The maximum Gasteiger partial charge on any atom is 0.281 e. The van der Waals surface area contributed by atoms with Crippen LogP contribution >= 0.6 is 0 Å². The van der Waals surface area contributed by atoms with Crippen molar-refractivity contribution < 1.29 is 4.79 Å². The van der Waals surface area contributed by atoms with Gasteiger partial charge in [-0.15, -0.1) is 5.10 Å². The van der Waals surface area contributed by atoms with Crippen LogP contribution in [0.25, 0.3) is 0 Å². The summed E-state index contributed by atoms with van der Waals surface area (Å²) in [6.07, 6.45) is 2.01. The average molecular weight is 390 g/mol. The summed E-state index contributed by atoms with van der Waals surface area (Å²) in [6.45, 7) is 6.42. The van der Waals surface area contributed by atoms with Crippen LogP contribution in [0.15, 0.2) is 54.6 Å². The van der Waals surface area contributed by atoms with E-state index < -0.39 is 0 Å². The molecule has 4 rings (SSSR count). The lowest BCUT2D eigenvalue weighted by Gasteiger charge is -2.24. The lowest BCUT2D eigenvalue weighted by atomic mass is 10.1. The molecule has 1 saturated heterocycles. The Morgan fingerprint density at radius 1 is 1.07 bits per heavy atom. The molecule has 150 valence electrons. The topological polar surface area (TPSA) is 63.1 Å². The minimum absolute atomic E-state index is 0.115. The van der Waals surface area contributed by atoms with Gasteiger partial charge in [-0.3, -0.25) is 4.79 Å². The van der Waals surface area contributed by atoms with E-state index in [0.717, 1.165) is 48.4 Å². The Morgan fingerprint density at radius 3 is 2.45 bits per heavy atom. The third-order valence-electron chi connectivity index (χ3n) is 5.56. The van der Waals surface area contributed by atoms with Gasteiger partial charge in [0.25, 0.3) is 5.91 Å². The fourth-order valence-electron chi connectivity index (χ4n) is 3.84. The summed E-state index contributed by atoms with van der Waals surface area (Å²) in [4.78, 5) is 15.3. The van der Waals surface area contributed by atoms with Gasteiger partial charge in [0.1, 0.15) is 0 Å². The Morgan fingerprint density at radius 2 is 1.76 bits per heavy atom. The Bertz CT molecular complexity index is 959. The number of hydrogen-bond acceptors (Lipinski definition) is 4. The SMILES string of the molecule is Cc1ccc(N(Cc2ccccc2)C(=O)c2nnn(C3CCNCC3)c2C)cc1. The molecule has 3 aromatic rings. The zero-order valence-corrected chi connectivity index (χ0v) is 17.0. The molecule has 6 heteroatoms. The third kappa shape index (κ3) is 4.22. The molecule has 2 aromatic carbocycles. The van der Waals surface area contributed by atoms with Crippen LogP contribution in [0.5, 0.6) is 0 Å². The van der Waals surface area contributed by atoms with Gasteiger partial charge >= 0.3 is 0 Å². The first kappa shape index (κ1) is 19.3. The maximum absolute atomic E-state index is 13.5. The van der Waals surface area contributed by atoms with E-state index in [-0.39, 0.29) is 5.91 Å². The maximum atomic E-state index is 13.5. The number of rotatable bonds is 5. The van der Waals surface area contributed by atoms with Crippen molar-refractivity contribution in [1.29, 1.82) is 0 Å². The molecule has 1 aliphatic heterocycles. The van der Waals surface area contributed by atoms with Crippen molar-refractivity contribution in [2.24, 2.45) is 0 Å². The fraction of sp³-hybridized carbons (Fsp3) is 0.348. The number of anilines is 1. The minimum Gasteiger partial charge on any atom is -0.317 e. The van der Waals surface area contributed by atoms with Gasteiger partial charge in [-0.05, 0) is 57.5 Å². The molecule has 1 N–H and O–H groups in total. The number of amides is 1. The Balaban J connectivity index is 1.66. The van der Waals surface area contributed by atoms with Gasteiger partial charge in [-0.2, -0.15) is 0 Å². The summed E-state index contributed by atoms with van der Waals surface area (Å²) in [6, 6.07) is 18.4. The molecule has 0 aliphatic carbocycles. The van der Waals surface area contributed by atoms with Crippen LogP contribution in [0.2, 0.25) is 0 Å². The number of carbonyl (C=O) groups is 1. The number of hydrogen-bond donors (Lipinski definition) is 1. The molecule has 2 heterocycles. The summed E-state index contributed by atoms with van der Waals surface area (Å²) in [5.41, 5.74) is 4.37. The number of piperidine rings is 1. The molecule has 1 aliphatic rings. The normalized spacial score (nSPS) is 14.7. The molecule has 0 bridgehead atoms. The van der Waals surface area contributed by atoms with Crippen molar-refractivity contribution in [2.45, 2.75) is 39.3 Å². The van der Waals surface area contributed by atoms with E-state index in [1.54, 1.807) is 4.90 Å². The standard InChI is InChI=1S/C23H27N5O/c1-17-8-10-20(11-9-17)27(16-19-6-4-3-5-7-19)23(29)22-18(2)28(26-25-22)21-12-14-24-15-13-21/h3-11,21,24H,12-16H2,1-2H3. The van der Waals surface area contributed by atoms with Crippen LogP contribution < -0.4 is 10.2 Å². The molecule has 1 fully saturated rings. The molecule has 6 nitrogen and oxygen atoms in total. The molecule has 1 amide bonds. The second-order valence-corrected chi connectivity index (χ2v) is 7.66. The van der Waals surface area contributed by atoms with E-state index >= 15 is 0 Å². The van der Waals surface area contributed by atoms with Gasteiger partial charge in [0, 0.05) is 5.69 Å². The van der Waals surface area contributed by atoms with Crippen LogP contribution in [0.4, 0.5) is 5.69 Å². The van der Waals surface area contributed by atoms with Gasteiger partial charge in [0.05, 0.1) is 18.3 Å². The predicted molar refractivity (Wildman–Crippen MR) is 114 cm³/mol. The molecule has 29 heavy (non-hydrogen) atoms. The lowest BCUT2D eigenvalue weighted by Crippen LogP contribution is -2.32. The molecular formula is C23H27N5O. The van der Waals surface area contributed by atoms with Crippen molar-refractivity contribution in [3.05, 3.63) is 77.1 Å². The number of aryl methyl sites for hydroxylation is 1. The van der Waals surface area contributed by atoms with E-state index in [0.29, 0.717) is 18.3 Å². The van der Waals surface area contributed by atoms with E-state index in [2.05, 4.69) is 15.6 Å². The zero-order chi connectivity index (χ0) is 20.2. The summed E-state index contributed by atoms with van der Waals surface area (Å²) in [5.74, 6) is -0.115. The van der Waals surface area contributed by atoms with Crippen LogP contribution in [0.3, 0.4) is 0 Å². The summed E-state index contributed by atoms with van der Waals surface area (Å²) in [7, 11) is 0. The smallest absolute Gasteiger partial charge is 0.281 e. The molecular weight excluding hydrogens is 362 g/mol. The highest BCUT2D eigenvalue weighted by atomic mass is 16.2. The zero-order valence-electron chi connectivity index (χ0n) is 17.0. The van der Waals surface area contributed by atoms with Crippen molar-refractivity contribution in [1.82, 2.24) is 20.3 Å². The predicted octanol–water partition coefficient (Wildman–Crippen LogP) is 3.67. The van der Waals surface area contributed by atoms with Gasteiger partial charge in [0.2, 0.25) is 0 Å². The quantitative estimate of drug-likeness (QED) is 0.723. The molecule has 0 unspecified atom stereocenters. The Hall–Kier alpha value is -2.99. The highest BCUT2D eigenvalue weighted by Gasteiger charge is 2.27. The number of carbonyl (C=O) groups excluding carboxylic acids is 1. The first-order chi connectivity index (χ1) is 14.1. The van der Waals surface area contributed by atoms with Crippen LogP contribution in [0, 0.1) is 13.8 Å². The largest absolute Gasteiger partial charge is 0.317 e. The highest BCUT2D eigenvalue weighted by Crippen LogP contribution is 2.24. The van der Waals surface area contributed by atoms with Crippen molar-refractivity contribution in [3.8, 4) is 0 Å². The average Bonchev–Trinajstić information content (AvgIpc) is 3.15. The number of nitrogens with one attached hydrogen (secondary N) is 1. The minimum atomic E-state index is -0.115. The van der Waals surface area contributed by atoms with Gasteiger partial charge in [-0.1, -0.05) is 53.2 Å². The van der Waals surface area contributed by atoms with Gasteiger partial charge in [0.15, 0.2) is 5.69 Å². The van der Waals surface area contributed by atoms with E-state index in [9.17, 15) is 4.79 Å². The lowest BCUT2D eigenvalue weighted by molar-refractivity contribution is 0.0979. The third-order valence-corrected chi connectivity index (χ3v) is 5.56. The molecule has 0 spiro atoms. The van der Waals surface area contributed by atoms with Crippen molar-refractivity contribution in [3.63, 3.8) is 0 Å². The Labute approximate surface area is 171 Å². The van der Waals surface area contributed by atoms with Crippen molar-refractivity contribution in [2.75, 3.05) is 18.0 Å². The van der Waals surface area contributed by atoms with Crippen LogP contribution in [-0.4, -0.2) is 34.0 Å². The second-order valence-electron chi connectivity index (χ2n) is 7.66. The van der Waals surface area contributed by atoms with Gasteiger partial charge < -0.3 is 10.2 Å². The second kappa shape index (κ2) is 8.57. The number of nitrogens with zero attached hydrogens (tertiary/aromatic N) is 4. The molecule has 0 saturated carbocycles. The van der Waals surface area contributed by atoms with E-state index in [4.69, 9.17) is 0 Å². The molecule has 0 atom stereocenters.